The molecule has 0 amide bonds. The Hall–Kier alpha value is -0.0800. The fourth-order valence-electron chi connectivity index (χ4n) is 2.88. The number of hydrogen-bond donors (Lipinski definition) is 1. The number of hydrogen-bond acceptors (Lipinski definition) is 2. The van der Waals surface area contributed by atoms with Gasteiger partial charge in [-0.2, -0.15) is 0 Å². The summed E-state index contributed by atoms with van der Waals surface area (Å²) in [5, 5.41) is 3.79. The normalized spacial score (nSPS) is 31.9. The van der Waals surface area contributed by atoms with E-state index in [0.29, 0.717) is 5.41 Å². The van der Waals surface area contributed by atoms with Crippen LogP contribution in [0.4, 0.5) is 0 Å². The van der Waals surface area contributed by atoms with Crippen molar-refractivity contribution in [2.45, 2.75) is 58.4 Å². The van der Waals surface area contributed by atoms with Crippen molar-refractivity contribution in [1.29, 1.82) is 0 Å². The summed E-state index contributed by atoms with van der Waals surface area (Å²) >= 11 is 0. The highest BCUT2D eigenvalue weighted by Crippen LogP contribution is 2.48. The molecule has 2 heteroatoms. The molecule has 0 aromatic carbocycles. The molecule has 2 rings (SSSR count). The molecule has 2 saturated carbocycles. The Morgan fingerprint density at radius 3 is 2.69 bits per heavy atom. The highest BCUT2D eigenvalue weighted by atomic mass is 16.5. The zero-order valence-electron chi connectivity index (χ0n) is 10.9. The minimum absolute atomic E-state index is 0.612. The van der Waals surface area contributed by atoms with Crippen LogP contribution in [-0.4, -0.2) is 25.8 Å². The van der Waals surface area contributed by atoms with Crippen molar-refractivity contribution in [3.8, 4) is 0 Å². The molecular weight excluding hydrogens is 198 g/mol. The highest BCUT2D eigenvalue weighted by Gasteiger charge is 2.42. The van der Waals surface area contributed by atoms with E-state index in [1.807, 2.05) is 0 Å². The molecule has 2 nitrogen and oxygen atoms in total. The average Bonchev–Trinajstić information content (AvgIpc) is 2.92. The number of ether oxygens (including phenoxy) is 1. The molecule has 2 fully saturated rings. The first-order valence-electron chi connectivity index (χ1n) is 7.05. The van der Waals surface area contributed by atoms with Crippen molar-refractivity contribution < 1.29 is 4.74 Å². The predicted octanol–water partition coefficient (Wildman–Crippen LogP) is 2.97. The molecule has 0 saturated heterocycles. The lowest BCUT2D eigenvalue weighted by Crippen LogP contribution is -2.33. The average molecular weight is 225 g/mol. The van der Waals surface area contributed by atoms with Crippen LogP contribution in [0.25, 0.3) is 0 Å². The smallest absolute Gasteiger partial charge is 0.0471 e. The predicted molar refractivity (Wildman–Crippen MR) is 67.6 cm³/mol. The van der Waals surface area contributed by atoms with Gasteiger partial charge in [-0.25, -0.2) is 0 Å². The van der Waals surface area contributed by atoms with Crippen LogP contribution < -0.4 is 5.32 Å². The Morgan fingerprint density at radius 2 is 2.12 bits per heavy atom. The van der Waals surface area contributed by atoms with Gasteiger partial charge in [0.1, 0.15) is 0 Å². The van der Waals surface area contributed by atoms with Crippen LogP contribution in [0.15, 0.2) is 0 Å². The van der Waals surface area contributed by atoms with Gasteiger partial charge in [0.05, 0.1) is 0 Å². The van der Waals surface area contributed by atoms with Gasteiger partial charge in [-0.1, -0.05) is 6.92 Å². The van der Waals surface area contributed by atoms with E-state index >= 15 is 0 Å². The third kappa shape index (κ3) is 3.46. The lowest BCUT2D eigenvalue weighted by atomic mass is 10.0. The highest BCUT2D eigenvalue weighted by molar-refractivity contribution is 4.96. The molecule has 0 aliphatic heterocycles. The maximum Gasteiger partial charge on any atom is 0.0471 e. The zero-order chi connectivity index (χ0) is 11.4. The van der Waals surface area contributed by atoms with Crippen LogP contribution in [0.3, 0.4) is 0 Å². The largest absolute Gasteiger partial charge is 0.382 e. The Balaban J connectivity index is 1.61. The quantitative estimate of drug-likeness (QED) is 0.673. The summed E-state index contributed by atoms with van der Waals surface area (Å²) < 4.78 is 5.47. The van der Waals surface area contributed by atoms with E-state index in [0.717, 1.165) is 25.2 Å². The van der Waals surface area contributed by atoms with Gasteiger partial charge in [0.2, 0.25) is 0 Å². The molecule has 94 valence electrons. The molecule has 2 aliphatic rings. The number of nitrogens with one attached hydrogen (secondary N) is 1. The Morgan fingerprint density at radius 1 is 1.31 bits per heavy atom. The van der Waals surface area contributed by atoms with Crippen LogP contribution >= 0.6 is 0 Å². The molecule has 0 spiro atoms. The molecule has 2 atom stereocenters. The van der Waals surface area contributed by atoms with Gasteiger partial charge in [-0.15, -0.1) is 0 Å². The summed E-state index contributed by atoms with van der Waals surface area (Å²) in [6.07, 6.45) is 8.29. The molecular formula is C14H27NO. The van der Waals surface area contributed by atoms with Crippen molar-refractivity contribution >= 4 is 0 Å². The van der Waals surface area contributed by atoms with E-state index in [2.05, 4.69) is 19.2 Å². The van der Waals surface area contributed by atoms with Gasteiger partial charge in [0.15, 0.2) is 0 Å². The van der Waals surface area contributed by atoms with Crippen molar-refractivity contribution in [2.24, 2.45) is 11.3 Å². The molecule has 2 unspecified atom stereocenters. The van der Waals surface area contributed by atoms with Gasteiger partial charge in [0.25, 0.3) is 0 Å². The number of rotatable bonds is 7. The van der Waals surface area contributed by atoms with Crippen LogP contribution in [0.1, 0.15) is 52.4 Å². The Bertz CT molecular complexity index is 213. The van der Waals surface area contributed by atoms with E-state index in [4.69, 9.17) is 4.74 Å². The lowest BCUT2D eigenvalue weighted by Gasteiger charge is -2.19. The van der Waals surface area contributed by atoms with Crippen molar-refractivity contribution in [2.75, 3.05) is 19.8 Å². The maximum absolute atomic E-state index is 5.47. The second-order valence-corrected chi connectivity index (χ2v) is 5.94. The van der Waals surface area contributed by atoms with Crippen LogP contribution in [0.5, 0.6) is 0 Å². The van der Waals surface area contributed by atoms with Gasteiger partial charge in [-0.3, -0.25) is 0 Å². The monoisotopic (exact) mass is 225 g/mol. The molecule has 0 heterocycles. The Kier molecular flexibility index (Phi) is 4.26. The van der Waals surface area contributed by atoms with Crippen molar-refractivity contribution in [3.05, 3.63) is 0 Å². The Labute approximate surface area is 100 Å². The van der Waals surface area contributed by atoms with E-state index in [1.54, 1.807) is 0 Å². The second kappa shape index (κ2) is 5.50. The SMILES string of the molecule is CCOCCC1(CNC2CCC(C)C2)CC1. The van der Waals surface area contributed by atoms with Crippen molar-refractivity contribution in [3.63, 3.8) is 0 Å². The third-order valence-electron chi connectivity index (χ3n) is 4.40. The maximum atomic E-state index is 5.47. The summed E-state index contributed by atoms with van der Waals surface area (Å²) in [4.78, 5) is 0. The van der Waals surface area contributed by atoms with Crippen LogP contribution in [-0.2, 0) is 4.74 Å². The van der Waals surface area contributed by atoms with Gasteiger partial charge < -0.3 is 10.1 Å². The summed E-state index contributed by atoms with van der Waals surface area (Å²) in [5.74, 6) is 0.941. The first kappa shape index (κ1) is 12.4. The molecule has 2 aliphatic carbocycles. The first-order chi connectivity index (χ1) is 7.74. The molecule has 16 heavy (non-hydrogen) atoms. The molecule has 0 aromatic rings. The van der Waals surface area contributed by atoms with Gasteiger partial charge in [0, 0.05) is 25.8 Å². The molecule has 0 aromatic heterocycles. The van der Waals surface area contributed by atoms with E-state index < -0.39 is 0 Å². The summed E-state index contributed by atoms with van der Waals surface area (Å²) in [7, 11) is 0. The standard InChI is InChI=1S/C14H27NO/c1-3-16-9-8-14(6-7-14)11-15-13-5-4-12(2)10-13/h12-13,15H,3-11H2,1-2H3. The minimum Gasteiger partial charge on any atom is -0.382 e. The molecule has 0 radical (unpaired) electrons. The molecule has 0 bridgehead atoms. The summed E-state index contributed by atoms with van der Waals surface area (Å²) in [6.45, 7) is 7.52. The second-order valence-electron chi connectivity index (χ2n) is 5.94. The van der Waals surface area contributed by atoms with Gasteiger partial charge >= 0.3 is 0 Å². The van der Waals surface area contributed by atoms with E-state index in [9.17, 15) is 0 Å². The molecule has 1 N–H and O–H groups in total. The third-order valence-corrected chi connectivity index (χ3v) is 4.40. The van der Waals surface area contributed by atoms with Crippen LogP contribution in [0, 0.1) is 11.3 Å². The zero-order valence-corrected chi connectivity index (χ0v) is 10.9. The van der Waals surface area contributed by atoms with E-state index in [-0.39, 0.29) is 0 Å². The lowest BCUT2D eigenvalue weighted by molar-refractivity contribution is 0.127. The topological polar surface area (TPSA) is 21.3 Å². The summed E-state index contributed by atoms with van der Waals surface area (Å²) in [5.41, 5.74) is 0.612. The van der Waals surface area contributed by atoms with Crippen LogP contribution in [0.2, 0.25) is 0 Å². The fraction of sp³-hybridized carbons (Fsp3) is 1.00. The first-order valence-corrected chi connectivity index (χ1v) is 7.05. The van der Waals surface area contributed by atoms with E-state index in [1.165, 1.54) is 45.1 Å². The summed E-state index contributed by atoms with van der Waals surface area (Å²) in [6, 6.07) is 0.805. The fourth-order valence-corrected chi connectivity index (χ4v) is 2.88. The van der Waals surface area contributed by atoms with Gasteiger partial charge in [-0.05, 0) is 56.8 Å². The minimum atomic E-state index is 0.612. The van der Waals surface area contributed by atoms with Crippen molar-refractivity contribution in [1.82, 2.24) is 5.32 Å².